The maximum absolute atomic E-state index is 5.36. The number of hydrogen-bond donors (Lipinski definition) is 1. The molecule has 0 fully saturated rings. The molecule has 3 heterocycles. The maximum atomic E-state index is 5.36. The predicted molar refractivity (Wildman–Crippen MR) is 100.0 cm³/mol. The molecule has 1 N–H and O–H groups in total. The molecule has 4 aromatic rings. The van der Waals surface area contributed by atoms with E-state index in [0.717, 1.165) is 22.6 Å². The monoisotopic (exact) mass is 358 g/mol. The molecular formula is C19H14N6O2. The molecule has 0 bridgehead atoms. The first-order valence-electron chi connectivity index (χ1n) is 8.33. The topological polar surface area (TPSA) is 85.9 Å². The Hall–Kier alpha value is -3.94. The van der Waals surface area contributed by atoms with Crippen molar-refractivity contribution >= 4 is 17.7 Å². The second-order valence-corrected chi connectivity index (χ2v) is 5.86. The largest absolute Gasteiger partial charge is 0.454 e. The summed E-state index contributed by atoms with van der Waals surface area (Å²) in [5.41, 5.74) is 5.43. The number of anilines is 1. The Morgan fingerprint density at radius 1 is 0.963 bits per heavy atom. The van der Waals surface area contributed by atoms with Crippen LogP contribution in [0.15, 0.2) is 65.8 Å². The lowest BCUT2D eigenvalue weighted by molar-refractivity contribution is 0.174. The predicted octanol–water partition coefficient (Wildman–Crippen LogP) is 2.97. The van der Waals surface area contributed by atoms with Crippen molar-refractivity contribution in [3.63, 3.8) is 0 Å². The molecule has 5 rings (SSSR count). The van der Waals surface area contributed by atoms with Crippen LogP contribution in [0.2, 0.25) is 0 Å². The van der Waals surface area contributed by atoms with Gasteiger partial charge in [-0.3, -0.25) is 5.43 Å². The van der Waals surface area contributed by atoms with Crippen molar-refractivity contribution in [3.8, 4) is 22.9 Å². The van der Waals surface area contributed by atoms with E-state index in [4.69, 9.17) is 9.47 Å². The van der Waals surface area contributed by atoms with Crippen LogP contribution in [0, 0.1) is 0 Å². The molecule has 0 unspecified atom stereocenters. The van der Waals surface area contributed by atoms with E-state index in [-0.39, 0.29) is 6.79 Å². The molecule has 132 valence electrons. The van der Waals surface area contributed by atoms with Crippen LogP contribution in [0.1, 0.15) is 5.56 Å². The number of nitrogens with zero attached hydrogens (tertiary/aromatic N) is 5. The van der Waals surface area contributed by atoms with Crippen molar-refractivity contribution in [2.75, 3.05) is 12.2 Å². The summed E-state index contributed by atoms with van der Waals surface area (Å²) in [6.45, 7) is 0.251. The van der Waals surface area contributed by atoms with Crippen molar-refractivity contribution < 1.29 is 9.47 Å². The molecule has 0 saturated carbocycles. The summed E-state index contributed by atoms with van der Waals surface area (Å²) < 4.78 is 12.4. The molecule has 0 aliphatic carbocycles. The second kappa shape index (κ2) is 6.41. The summed E-state index contributed by atoms with van der Waals surface area (Å²) in [7, 11) is 0. The van der Waals surface area contributed by atoms with Gasteiger partial charge in [0.1, 0.15) is 0 Å². The molecule has 2 aromatic carbocycles. The quantitative estimate of drug-likeness (QED) is 0.446. The van der Waals surface area contributed by atoms with Gasteiger partial charge in [0, 0.05) is 5.56 Å². The van der Waals surface area contributed by atoms with Crippen LogP contribution in [0.3, 0.4) is 0 Å². The molecule has 0 spiro atoms. The molecule has 8 nitrogen and oxygen atoms in total. The first-order chi connectivity index (χ1) is 13.4. The molecule has 0 atom stereocenters. The normalized spacial score (nSPS) is 12.7. The average Bonchev–Trinajstić information content (AvgIpc) is 3.35. The van der Waals surface area contributed by atoms with Gasteiger partial charge < -0.3 is 9.47 Å². The van der Waals surface area contributed by atoms with Gasteiger partial charge in [-0.2, -0.15) is 9.62 Å². The van der Waals surface area contributed by atoms with E-state index in [1.54, 1.807) is 16.8 Å². The lowest BCUT2D eigenvalue weighted by Crippen LogP contribution is -2.00. The third-order valence-electron chi connectivity index (χ3n) is 4.08. The molecule has 1 aliphatic rings. The molecule has 2 aromatic heterocycles. The Kier molecular flexibility index (Phi) is 3.64. The van der Waals surface area contributed by atoms with E-state index in [1.165, 1.54) is 0 Å². The van der Waals surface area contributed by atoms with Crippen LogP contribution in [0.4, 0.5) is 5.82 Å². The lowest BCUT2D eigenvalue weighted by Gasteiger charge is -2.02. The number of hydrazone groups is 1. The molecule has 0 saturated heterocycles. The Morgan fingerprint density at radius 3 is 2.78 bits per heavy atom. The van der Waals surface area contributed by atoms with Crippen LogP contribution >= 0.6 is 0 Å². The number of hydrogen-bond acceptors (Lipinski definition) is 7. The highest BCUT2D eigenvalue weighted by atomic mass is 16.7. The third-order valence-corrected chi connectivity index (χ3v) is 4.08. The van der Waals surface area contributed by atoms with Crippen molar-refractivity contribution in [3.05, 3.63) is 66.2 Å². The van der Waals surface area contributed by atoms with Crippen LogP contribution in [-0.2, 0) is 0 Å². The summed E-state index contributed by atoms with van der Waals surface area (Å²) in [6.07, 6.45) is 1.69. The zero-order chi connectivity index (χ0) is 18.1. The summed E-state index contributed by atoms with van der Waals surface area (Å²) in [5.74, 6) is 2.72. The molecule has 27 heavy (non-hydrogen) atoms. The molecule has 0 amide bonds. The van der Waals surface area contributed by atoms with E-state index in [9.17, 15) is 0 Å². The van der Waals surface area contributed by atoms with E-state index >= 15 is 0 Å². The van der Waals surface area contributed by atoms with Gasteiger partial charge in [0.15, 0.2) is 28.8 Å². The van der Waals surface area contributed by atoms with Crippen molar-refractivity contribution in [1.29, 1.82) is 0 Å². The number of nitrogens with one attached hydrogen (secondary N) is 1. The van der Waals surface area contributed by atoms with E-state index in [0.29, 0.717) is 17.3 Å². The standard InChI is InChI=1S/C19H14N6O2/c1-2-4-14(5-3-1)19-23-22-18-9-8-17(24-25(18)19)21-20-11-13-6-7-15-16(10-13)27-12-26-15/h1-11H,12H2,(H,21,24)/b20-11-. The van der Waals surface area contributed by atoms with Gasteiger partial charge in [0.2, 0.25) is 6.79 Å². The zero-order valence-corrected chi connectivity index (χ0v) is 14.1. The first kappa shape index (κ1) is 15.3. The minimum absolute atomic E-state index is 0.251. The van der Waals surface area contributed by atoms with Crippen molar-refractivity contribution in [2.45, 2.75) is 0 Å². The zero-order valence-electron chi connectivity index (χ0n) is 14.1. The van der Waals surface area contributed by atoms with Gasteiger partial charge in [-0.15, -0.1) is 15.3 Å². The Bertz CT molecular complexity index is 1140. The summed E-state index contributed by atoms with van der Waals surface area (Å²) >= 11 is 0. The molecule has 8 heteroatoms. The highest BCUT2D eigenvalue weighted by molar-refractivity contribution is 5.81. The maximum Gasteiger partial charge on any atom is 0.231 e. The fourth-order valence-corrected chi connectivity index (χ4v) is 2.78. The fraction of sp³-hybridized carbons (Fsp3) is 0.0526. The van der Waals surface area contributed by atoms with Crippen LogP contribution in [-0.4, -0.2) is 32.8 Å². The summed E-state index contributed by atoms with van der Waals surface area (Å²) in [4.78, 5) is 0. The number of aromatic nitrogens is 4. The minimum Gasteiger partial charge on any atom is -0.454 e. The number of ether oxygens (including phenoxy) is 2. The van der Waals surface area contributed by atoms with Crippen LogP contribution in [0.5, 0.6) is 11.5 Å². The average molecular weight is 358 g/mol. The summed E-state index contributed by atoms with van der Waals surface area (Å²) in [6, 6.07) is 19.1. The lowest BCUT2D eigenvalue weighted by atomic mass is 10.2. The Balaban J connectivity index is 1.39. The van der Waals surface area contributed by atoms with Crippen molar-refractivity contribution in [1.82, 2.24) is 19.8 Å². The number of rotatable bonds is 4. The molecule has 0 radical (unpaired) electrons. The highest BCUT2D eigenvalue weighted by Gasteiger charge is 2.12. The van der Waals surface area contributed by atoms with E-state index in [1.807, 2.05) is 54.6 Å². The third kappa shape index (κ3) is 2.93. The smallest absolute Gasteiger partial charge is 0.231 e. The Labute approximate surface area is 154 Å². The fourth-order valence-electron chi connectivity index (χ4n) is 2.78. The summed E-state index contributed by atoms with van der Waals surface area (Å²) in [5, 5.41) is 17.1. The highest BCUT2D eigenvalue weighted by Crippen LogP contribution is 2.32. The molecule has 1 aliphatic heterocycles. The van der Waals surface area contributed by atoms with Gasteiger partial charge in [0.25, 0.3) is 0 Å². The minimum atomic E-state index is 0.251. The van der Waals surface area contributed by atoms with Gasteiger partial charge in [-0.25, -0.2) is 0 Å². The van der Waals surface area contributed by atoms with Crippen LogP contribution in [0.25, 0.3) is 17.0 Å². The van der Waals surface area contributed by atoms with E-state index < -0.39 is 0 Å². The second-order valence-electron chi connectivity index (χ2n) is 5.86. The van der Waals surface area contributed by atoms with E-state index in [2.05, 4.69) is 25.8 Å². The van der Waals surface area contributed by atoms with Crippen molar-refractivity contribution in [2.24, 2.45) is 5.10 Å². The first-order valence-corrected chi connectivity index (χ1v) is 8.33. The Morgan fingerprint density at radius 2 is 1.85 bits per heavy atom. The number of fused-ring (bicyclic) bond motifs is 2. The number of benzene rings is 2. The van der Waals surface area contributed by atoms with Gasteiger partial charge >= 0.3 is 0 Å². The molecular weight excluding hydrogens is 344 g/mol. The van der Waals surface area contributed by atoms with Gasteiger partial charge in [-0.1, -0.05) is 30.3 Å². The SMILES string of the molecule is C(=N/Nc1ccc2nnc(-c3ccccc3)n2n1)/c1ccc2c(c1)OCO2. The van der Waals surface area contributed by atoms with Gasteiger partial charge in [-0.05, 0) is 35.9 Å². The van der Waals surface area contributed by atoms with Crippen LogP contribution < -0.4 is 14.9 Å². The van der Waals surface area contributed by atoms with Gasteiger partial charge in [0.05, 0.1) is 6.21 Å².